The van der Waals surface area contributed by atoms with Crippen LogP contribution in [0, 0.1) is 0 Å². The number of rotatable bonds is 7. The summed E-state index contributed by atoms with van der Waals surface area (Å²) in [6.07, 6.45) is -3.79. The molecule has 0 radical (unpaired) electrons. The van der Waals surface area contributed by atoms with Crippen molar-refractivity contribution in [2.24, 2.45) is 0 Å². The summed E-state index contributed by atoms with van der Waals surface area (Å²) in [7, 11) is 0. The van der Waals surface area contributed by atoms with Crippen LogP contribution in [0.2, 0.25) is 0 Å². The predicted octanol–water partition coefficient (Wildman–Crippen LogP) is 4.19. The molecule has 3 amide bonds. The number of aliphatic hydroxyl groups is 1. The fourth-order valence-corrected chi connectivity index (χ4v) is 2.62. The summed E-state index contributed by atoms with van der Waals surface area (Å²) < 4.78 is 38.4. The molecule has 0 atom stereocenters. The fourth-order valence-electron chi connectivity index (χ4n) is 2.62. The SMILES string of the molecule is CCCN(CCO)C(=O)Nc1cccc(C(=O)Nc2cccc(C(F)(F)F)c2)c1. The van der Waals surface area contributed by atoms with Crippen molar-refractivity contribution in [3.63, 3.8) is 0 Å². The number of urea groups is 1. The number of alkyl halides is 3. The molecule has 0 saturated heterocycles. The Hall–Kier alpha value is -3.07. The maximum Gasteiger partial charge on any atom is 0.416 e. The van der Waals surface area contributed by atoms with Crippen LogP contribution in [-0.4, -0.2) is 41.6 Å². The van der Waals surface area contributed by atoms with Crippen molar-refractivity contribution in [2.75, 3.05) is 30.3 Å². The van der Waals surface area contributed by atoms with E-state index in [1.807, 2.05) is 6.92 Å². The lowest BCUT2D eigenvalue weighted by atomic mass is 10.1. The number of hydrogen-bond donors (Lipinski definition) is 3. The number of anilines is 2. The molecule has 0 heterocycles. The number of carbonyl (C=O) groups is 2. The zero-order valence-electron chi connectivity index (χ0n) is 15.8. The zero-order valence-corrected chi connectivity index (χ0v) is 15.8. The molecule has 2 aromatic carbocycles. The molecule has 0 bridgehead atoms. The van der Waals surface area contributed by atoms with Gasteiger partial charge in [0.15, 0.2) is 0 Å². The van der Waals surface area contributed by atoms with Crippen molar-refractivity contribution in [1.82, 2.24) is 4.90 Å². The molecule has 6 nitrogen and oxygen atoms in total. The maximum atomic E-state index is 12.8. The van der Waals surface area contributed by atoms with E-state index in [9.17, 15) is 22.8 Å². The van der Waals surface area contributed by atoms with Gasteiger partial charge in [0.1, 0.15) is 0 Å². The molecule has 0 aliphatic rings. The van der Waals surface area contributed by atoms with E-state index >= 15 is 0 Å². The molecule has 156 valence electrons. The van der Waals surface area contributed by atoms with Gasteiger partial charge in [-0.05, 0) is 42.8 Å². The van der Waals surface area contributed by atoms with Gasteiger partial charge in [-0.25, -0.2) is 4.79 Å². The minimum absolute atomic E-state index is 0.0105. The van der Waals surface area contributed by atoms with Gasteiger partial charge in [-0.2, -0.15) is 13.2 Å². The summed E-state index contributed by atoms with van der Waals surface area (Å²) in [5, 5.41) is 14.1. The van der Waals surface area contributed by atoms with Crippen molar-refractivity contribution >= 4 is 23.3 Å². The van der Waals surface area contributed by atoms with Crippen LogP contribution in [0.25, 0.3) is 0 Å². The summed E-state index contributed by atoms with van der Waals surface area (Å²) in [5.74, 6) is -0.610. The van der Waals surface area contributed by atoms with Crippen LogP contribution in [0.3, 0.4) is 0 Å². The molecule has 0 fully saturated rings. The second kappa shape index (κ2) is 9.92. The molecule has 0 saturated carbocycles. The fraction of sp³-hybridized carbons (Fsp3) is 0.300. The van der Waals surface area contributed by atoms with Gasteiger partial charge in [-0.15, -0.1) is 0 Å². The highest BCUT2D eigenvalue weighted by molar-refractivity contribution is 6.05. The third-order valence-corrected chi connectivity index (χ3v) is 3.97. The minimum Gasteiger partial charge on any atom is -0.395 e. The van der Waals surface area contributed by atoms with E-state index in [-0.39, 0.29) is 24.4 Å². The van der Waals surface area contributed by atoms with Crippen LogP contribution in [0.15, 0.2) is 48.5 Å². The molecule has 0 aliphatic carbocycles. The standard InChI is InChI=1S/C20H22F3N3O3/c1-2-9-26(10-11-27)19(29)25-16-7-3-5-14(12-16)18(28)24-17-8-4-6-15(13-17)20(21,22)23/h3-8,12-13,27H,2,9-11H2,1H3,(H,24,28)(H,25,29). The molecule has 2 aromatic rings. The number of amides is 3. The molecular formula is C20H22F3N3O3. The van der Waals surface area contributed by atoms with Crippen LogP contribution in [0.1, 0.15) is 29.3 Å². The van der Waals surface area contributed by atoms with Gasteiger partial charge in [0.05, 0.1) is 12.2 Å². The first-order valence-corrected chi connectivity index (χ1v) is 9.00. The number of nitrogens with zero attached hydrogens (tertiary/aromatic N) is 1. The van der Waals surface area contributed by atoms with Crippen LogP contribution in [-0.2, 0) is 6.18 Å². The van der Waals surface area contributed by atoms with Crippen molar-refractivity contribution in [1.29, 1.82) is 0 Å². The number of carbonyl (C=O) groups excluding carboxylic acids is 2. The van der Waals surface area contributed by atoms with Gasteiger partial charge < -0.3 is 20.6 Å². The Bertz CT molecular complexity index is 850. The van der Waals surface area contributed by atoms with Crippen molar-refractivity contribution < 1.29 is 27.9 Å². The monoisotopic (exact) mass is 409 g/mol. The first-order valence-electron chi connectivity index (χ1n) is 9.00. The van der Waals surface area contributed by atoms with Crippen LogP contribution in [0.5, 0.6) is 0 Å². The van der Waals surface area contributed by atoms with Gasteiger partial charge in [-0.3, -0.25) is 4.79 Å². The van der Waals surface area contributed by atoms with Crippen LogP contribution < -0.4 is 10.6 Å². The lowest BCUT2D eigenvalue weighted by Gasteiger charge is -2.21. The molecule has 0 aliphatic heterocycles. The van der Waals surface area contributed by atoms with Gasteiger partial charge in [0.25, 0.3) is 5.91 Å². The number of benzene rings is 2. The third kappa shape index (κ3) is 6.49. The number of hydrogen-bond acceptors (Lipinski definition) is 3. The summed E-state index contributed by atoms with van der Waals surface area (Å²) in [6.45, 7) is 2.36. The van der Waals surface area contributed by atoms with Gasteiger partial charge in [0, 0.05) is 30.0 Å². The zero-order chi connectivity index (χ0) is 21.4. The number of nitrogens with one attached hydrogen (secondary N) is 2. The second-order valence-corrected chi connectivity index (χ2v) is 6.25. The summed E-state index contributed by atoms with van der Waals surface area (Å²) in [5.41, 5.74) is -0.331. The van der Waals surface area contributed by atoms with Crippen LogP contribution in [0.4, 0.5) is 29.3 Å². The molecule has 29 heavy (non-hydrogen) atoms. The highest BCUT2D eigenvalue weighted by Gasteiger charge is 2.30. The minimum atomic E-state index is -4.51. The van der Waals surface area contributed by atoms with E-state index in [0.29, 0.717) is 18.7 Å². The van der Waals surface area contributed by atoms with Gasteiger partial charge >= 0.3 is 12.2 Å². The third-order valence-electron chi connectivity index (χ3n) is 3.97. The van der Waals surface area contributed by atoms with E-state index in [2.05, 4.69) is 10.6 Å². The number of aliphatic hydroxyl groups excluding tert-OH is 1. The van der Waals surface area contributed by atoms with Crippen molar-refractivity contribution in [3.05, 3.63) is 59.7 Å². The van der Waals surface area contributed by atoms with Crippen LogP contribution >= 0.6 is 0 Å². The first-order chi connectivity index (χ1) is 13.7. The molecule has 0 unspecified atom stereocenters. The molecule has 3 N–H and O–H groups in total. The smallest absolute Gasteiger partial charge is 0.395 e. The maximum absolute atomic E-state index is 12.8. The highest BCUT2D eigenvalue weighted by atomic mass is 19.4. The Morgan fingerprint density at radius 2 is 1.66 bits per heavy atom. The normalized spacial score (nSPS) is 11.1. The topological polar surface area (TPSA) is 81.7 Å². The Morgan fingerprint density at radius 3 is 2.28 bits per heavy atom. The molecule has 0 aromatic heterocycles. The molecule has 9 heteroatoms. The molecule has 0 spiro atoms. The van der Waals surface area contributed by atoms with E-state index in [1.54, 1.807) is 12.1 Å². The summed E-state index contributed by atoms with van der Waals surface area (Å²) in [4.78, 5) is 26.1. The van der Waals surface area contributed by atoms with E-state index in [0.717, 1.165) is 12.1 Å². The molecule has 2 rings (SSSR count). The van der Waals surface area contributed by atoms with E-state index in [1.165, 1.54) is 29.2 Å². The average Bonchev–Trinajstić information content (AvgIpc) is 2.67. The Labute approximate surface area is 166 Å². The lowest BCUT2D eigenvalue weighted by molar-refractivity contribution is -0.137. The number of halogens is 3. The highest BCUT2D eigenvalue weighted by Crippen LogP contribution is 2.30. The second-order valence-electron chi connectivity index (χ2n) is 6.25. The van der Waals surface area contributed by atoms with Gasteiger partial charge in [0.2, 0.25) is 0 Å². The Morgan fingerprint density at radius 1 is 1.00 bits per heavy atom. The quantitative estimate of drug-likeness (QED) is 0.641. The first kappa shape index (κ1) is 22.2. The summed E-state index contributed by atoms with van der Waals surface area (Å²) in [6, 6.07) is 9.95. The predicted molar refractivity (Wildman–Crippen MR) is 104 cm³/mol. The summed E-state index contributed by atoms with van der Waals surface area (Å²) >= 11 is 0. The Kier molecular flexibility index (Phi) is 7.60. The average molecular weight is 409 g/mol. The van der Waals surface area contributed by atoms with Gasteiger partial charge in [-0.1, -0.05) is 19.1 Å². The molecular weight excluding hydrogens is 387 g/mol. The van der Waals surface area contributed by atoms with E-state index in [4.69, 9.17) is 5.11 Å². The van der Waals surface area contributed by atoms with Crippen molar-refractivity contribution in [3.8, 4) is 0 Å². The lowest BCUT2D eigenvalue weighted by Crippen LogP contribution is -2.37. The van der Waals surface area contributed by atoms with Crippen molar-refractivity contribution in [2.45, 2.75) is 19.5 Å². The Balaban J connectivity index is 2.10. The largest absolute Gasteiger partial charge is 0.416 e. The van der Waals surface area contributed by atoms with E-state index < -0.39 is 23.7 Å².